The summed E-state index contributed by atoms with van der Waals surface area (Å²) in [6, 6.07) is 4.77. The Morgan fingerprint density at radius 3 is 2.75 bits per heavy atom. The van der Waals surface area contributed by atoms with Crippen LogP contribution in [0.1, 0.15) is 17.3 Å². The van der Waals surface area contributed by atoms with Crippen molar-refractivity contribution in [2.24, 2.45) is 0 Å². The molecule has 88 valence electrons. The predicted octanol–water partition coefficient (Wildman–Crippen LogP) is 1.38. The first-order valence-corrected chi connectivity index (χ1v) is 5.43. The van der Waals surface area contributed by atoms with E-state index in [1.54, 1.807) is 23.1 Å². The number of aliphatic hydroxyl groups excluding tert-OH is 1. The van der Waals surface area contributed by atoms with Gasteiger partial charge < -0.3 is 15.7 Å². The molecule has 0 aromatic heterocycles. The lowest BCUT2D eigenvalue weighted by Crippen LogP contribution is -2.33. The van der Waals surface area contributed by atoms with E-state index in [0.29, 0.717) is 29.4 Å². The zero-order valence-corrected chi connectivity index (χ0v) is 9.87. The summed E-state index contributed by atoms with van der Waals surface area (Å²) in [5, 5.41) is 9.19. The van der Waals surface area contributed by atoms with Crippen molar-refractivity contribution in [3.05, 3.63) is 28.8 Å². The summed E-state index contributed by atoms with van der Waals surface area (Å²) in [6.45, 7) is 2.66. The van der Waals surface area contributed by atoms with E-state index in [2.05, 4.69) is 0 Å². The van der Waals surface area contributed by atoms with Gasteiger partial charge in [-0.25, -0.2) is 0 Å². The number of hydrogen-bond donors (Lipinski definition) is 2. The molecule has 0 saturated carbocycles. The molecule has 5 heteroatoms. The third-order valence-corrected chi connectivity index (χ3v) is 2.61. The highest BCUT2D eigenvalue weighted by atomic mass is 35.5. The summed E-state index contributed by atoms with van der Waals surface area (Å²) in [7, 11) is 0. The van der Waals surface area contributed by atoms with Crippen LogP contribution in [0.2, 0.25) is 5.02 Å². The first kappa shape index (κ1) is 12.8. The van der Waals surface area contributed by atoms with E-state index in [4.69, 9.17) is 22.4 Å². The fourth-order valence-electron chi connectivity index (χ4n) is 1.37. The summed E-state index contributed by atoms with van der Waals surface area (Å²) in [5.74, 6) is -0.154. The second-order valence-corrected chi connectivity index (χ2v) is 3.75. The van der Waals surface area contributed by atoms with Crippen LogP contribution in [0.15, 0.2) is 18.2 Å². The van der Waals surface area contributed by atoms with Crippen molar-refractivity contribution in [1.29, 1.82) is 0 Å². The van der Waals surface area contributed by atoms with E-state index in [0.717, 1.165) is 0 Å². The zero-order chi connectivity index (χ0) is 12.1. The molecule has 0 spiro atoms. The zero-order valence-electron chi connectivity index (χ0n) is 9.11. The number of benzene rings is 1. The Kier molecular flexibility index (Phi) is 4.58. The highest BCUT2D eigenvalue weighted by Gasteiger charge is 2.14. The smallest absolute Gasteiger partial charge is 0.253 e. The molecule has 0 heterocycles. The van der Waals surface area contributed by atoms with Gasteiger partial charge in [0.05, 0.1) is 17.3 Å². The number of likely N-dealkylation sites (N-methyl/N-ethyl adjacent to an activating group) is 1. The van der Waals surface area contributed by atoms with Gasteiger partial charge in [-0.2, -0.15) is 0 Å². The van der Waals surface area contributed by atoms with Gasteiger partial charge in [0.25, 0.3) is 5.91 Å². The van der Waals surface area contributed by atoms with Crippen molar-refractivity contribution in [3.8, 4) is 0 Å². The molecular weight excluding hydrogens is 228 g/mol. The molecule has 1 aromatic carbocycles. The summed E-state index contributed by atoms with van der Waals surface area (Å²) in [5.41, 5.74) is 6.49. The van der Waals surface area contributed by atoms with E-state index >= 15 is 0 Å². The second-order valence-electron chi connectivity index (χ2n) is 3.34. The van der Waals surface area contributed by atoms with Crippen LogP contribution < -0.4 is 5.73 Å². The highest BCUT2D eigenvalue weighted by molar-refractivity contribution is 6.33. The minimum Gasteiger partial charge on any atom is -0.398 e. The summed E-state index contributed by atoms with van der Waals surface area (Å²) in [4.78, 5) is 13.5. The molecule has 0 aliphatic heterocycles. The van der Waals surface area contributed by atoms with Crippen molar-refractivity contribution in [1.82, 2.24) is 4.90 Å². The first-order valence-electron chi connectivity index (χ1n) is 5.05. The Morgan fingerprint density at radius 2 is 2.25 bits per heavy atom. The summed E-state index contributed by atoms with van der Waals surface area (Å²) in [6.07, 6.45) is 0. The Labute approximate surface area is 99.6 Å². The molecule has 0 atom stereocenters. The molecule has 1 aromatic rings. The Balaban J connectivity index is 2.90. The molecule has 0 fully saturated rings. The normalized spacial score (nSPS) is 10.2. The number of aliphatic hydroxyl groups is 1. The first-order chi connectivity index (χ1) is 7.60. The van der Waals surface area contributed by atoms with E-state index in [-0.39, 0.29) is 12.5 Å². The molecule has 0 aliphatic rings. The molecule has 0 unspecified atom stereocenters. The molecular formula is C11H15ClN2O2. The van der Waals surface area contributed by atoms with Gasteiger partial charge >= 0.3 is 0 Å². The van der Waals surface area contributed by atoms with Crippen molar-refractivity contribution in [2.45, 2.75) is 6.92 Å². The van der Waals surface area contributed by atoms with Crippen molar-refractivity contribution >= 4 is 23.2 Å². The van der Waals surface area contributed by atoms with Crippen LogP contribution in [-0.4, -0.2) is 35.6 Å². The van der Waals surface area contributed by atoms with Crippen molar-refractivity contribution in [3.63, 3.8) is 0 Å². The van der Waals surface area contributed by atoms with Crippen LogP contribution in [0.3, 0.4) is 0 Å². The third kappa shape index (κ3) is 2.87. The fraction of sp³-hybridized carbons (Fsp3) is 0.364. The quantitative estimate of drug-likeness (QED) is 0.784. The lowest BCUT2D eigenvalue weighted by molar-refractivity contribution is 0.0732. The van der Waals surface area contributed by atoms with E-state index in [1.807, 2.05) is 6.92 Å². The van der Waals surface area contributed by atoms with Crippen LogP contribution in [0.25, 0.3) is 0 Å². The highest BCUT2D eigenvalue weighted by Crippen LogP contribution is 2.20. The van der Waals surface area contributed by atoms with Gasteiger partial charge in [0.1, 0.15) is 0 Å². The largest absolute Gasteiger partial charge is 0.398 e. The maximum atomic E-state index is 11.9. The summed E-state index contributed by atoms with van der Waals surface area (Å²) < 4.78 is 0. The van der Waals surface area contributed by atoms with Crippen LogP contribution in [0.4, 0.5) is 5.69 Å². The minimum absolute atomic E-state index is 0.0533. The maximum Gasteiger partial charge on any atom is 0.253 e. The SMILES string of the molecule is CCN(CCO)C(=O)c1ccc(N)c(Cl)c1. The Bertz CT molecular complexity index is 382. The van der Waals surface area contributed by atoms with Crippen LogP contribution in [0.5, 0.6) is 0 Å². The standard InChI is InChI=1S/C11H15ClN2O2/c1-2-14(5-6-15)11(16)8-3-4-10(13)9(12)7-8/h3-4,7,15H,2,5-6,13H2,1H3. The molecule has 0 aliphatic carbocycles. The molecule has 0 radical (unpaired) electrons. The number of nitrogens with two attached hydrogens (primary N) is 1. The molecule has 1 amide bonds. The average Bonchev–Trinajstić information content (AvgIpc) is 2.28. The van der Waals surface area contributed by atoms with Gasteiger partial charge in [0.2, 0.25) is 0 Å². The van der Waals surface area contributed by atoms with Gasteiger partial charge in [0.15, 0.2) is 0 Å². The minimum atomic E-state index is -0.154. The second kappa shape index (κ2) is 5.72. The summed E-state index contributed by atoms with van der Waals surface area (Å²) >= 11 is 5.84. The number of hydrogen-bond acceptors (Lipinski definition) is 3. The monoisotopic (exact) mass is 242 g/mol. The van der Waals surface area contributed by atoms with Crippen molar-refractivity contribution in [2.75, 3.05) is 25.4 Å². The van der Waals surface area contributed by atoms with Gasteiger partial charge in [-0.15, -0.1) is 0 Å². The van der Waals surface area contributed by atoms with Crippen LogP contribution in [0, 0.1) is 0 Å². The van der Waals surface area contributed by atoms with Gasteiger partial charge in [0, 0.05) is 18.7 Å². The number of carbonyl (C=O) groups is 1. The number of nitrogen functional groups attached to an aromatic ring is 1. The van der Waals surface area contributed by atoms with Gasteiger partial charge in [-0.3, -0.25) is 4.79 Å². The number of halogens is 1. The van der Waals surface area contributed by atoms with Gasteiger partial charge in [-0.05, 0) is 25.1 Å². The van der Waals surface area contributed by atoms with E-state index in [1.165, 1.54) is 0 Å². The third-order valence-electron chi connectivity index (χ3n) is 2.29. The van der Waals surface area contributed by atoms with Crippen molar-refractivity contribution < 1.29 is 9.90 Å². The topological polar surface area (TPSA) is 66.6 Å². The lowest BCUT2D eigenvalue weighted by atomic mass is 10.2. The number of rotatable bonds is 4. The molecule has 0 bridgehead atoms. The number of carbonyl (C=O) groups excluding carboxylic acids is 1. The van der Waals surface area contributed by atoms with E-state index < -0.39 is 0 Å². The maximum absolute atomic E-state index is 11.9. The molecule has 4 nitrogen and oxygen atoms in total. The molecule has 3 N–H and O–H groups in total. The number of amides is 1. The fourth-order valence-corrected chi connectivity index (χ4v) is 1.55. The molecule has 1 rings (SSSR count). The number of anilines is 1. The van der Waals surface area contributed by atoms with Crippen LogP contribution in [-0.2, 0) is 0 Å². The van der Waals surface area contributed by atoms with Gasteiger partial charge in [-0.1, -0.05) is 11.6 Å². The lowest BCUT2D eigenvalue weighted by Gasteiger charge is -2.19. The van der Waals surface area contributed by atoms with E-state index in [9.17, 15) is 4.79 Å². The molecule has 0 saturated heterocycles. The van der Waals surface area contributed by atoms with Crippen LogP contribution >= 0.6 is 11.6 Å². The Morgan fingerprint density at radius 1 is 1.56 bits per heavy atom. The molecule has 16 heavy (non-hydrogen) atoms. The Hall–Kier alpha value is -1.26. The number of nitrogens with zero attached hydrogens (tertiary/aromatic N) is 1. The predicted molar refractivity (Wildman–Crippen MR) is 64.5 cm³/mol. The average molecular weight is 243 g/mol.